The van der Waals surface area contributed by atoms with Gasteiger partial charge in [-0.05, 0) is 29.8 Å². The second-order valence-electron chi connectivity index (χ2n) is 6.00. The van der Waals surface area contributed by atoms with Crippen LogP contribution in [-0.2, 0) is 0 Å². The Bertz CT molecular complexity index is 1160. The molecule has 5 nitrogen and oxygen atoms in total. The Kier molecular flexibility index (Phi) is 6.95. The molecule has 0 unspecified atom stereocenters. The summed E-state index contributed by atoms with van der Waals surface area (Å²) in [7, 11) is 3.85. The molecule has 0 aromatic heterocycles. The summed E-state index contributed by atoms with van der Waals surface area (Å²) in [5, 5.41) is 37.7. The summed E-state index contributed by atoms with van der Waals surface area (Å²) in [6.07, 6.45) is 0. The molecule has 136 valence electrons. The summed E-state index contributed by atoms with van der Waals surface area (Å²) in [5.74, 6) is 5.78. The number of hydrogen-bond donors (Lipinski definition) is 0. The number of rotatable bonds is 3. The molecule has 0 N–H and O–H groups in total. The van der Waals surface area contributed by atoms with E-state index < -0.39 is 0 Å². The lowest BCUT2D eigenvalue weighted by molar-refractivity contribution is 1.13. The fraction of sp³-hybridized carbons (Fsp3) is 0.0833. The molecule has 2 aromatic rings. The van der Waals surface area contributed by atoms with Crippen molar-refractivity contribution in [3.63, 3.8) is 0 Å². The minimum absolute atomic E-state index is 0.0518. The van der Waals surface area contributed by atoms with E-state index in [2.05, 4.69) is 11.8 Å². The molecule has 0 radical (unpaired) electrons. The van der Waals surface area contributed by atoms with E-state index in [9.17, 15) is 21.0 Å². The van der Waals surface area contributed by atoms with Crippen LogP contribution >= 0.6 is 0 Å². The van der Waals surface area contributed by atoms with E-state index in [-0.39, 0.29) is 22.3 Å². The fourth-order valence-electron chi connectivity index (χ4n) is 2.52. The Hall–Kier alpha value is -4.76. The fourth-order valence-corrected chi connectivity index (χ4v) is 2.52. The zero-order chi connectivity index (χ0) is 21.2. The first-order chi connectivity index (χ1) is 14.0. The molecule has 2 aromatic carbocycles. The second kappa shape index (κ2) is 9.80. The van der Waals surface area contributed by atoms with E-state index in [1.165, 1.54) is 0 Å². The van der Waals surface area contributed by atoms with Crippen LogP contribution in [0.2, 0.25) is 0 Å². The standard InChI is InChI=1S/C24H15N5/c1-29(2)22-11-8-18(9-12-22)10-13-23(20(14-25)15-26)24(21(16-27)17-28)19-6-4-3-5-7-19/h3-9,11-12H,1-2H3. The van der Waals surface area contributed by atoms with Gasteiger partial charge in [0.05, 0.1) is 5.57 Å². The molecule has 0 saturated heterocycles. The molecule has 0 aliphatic rings. The molecule has 0 bridgehead atoms. The lowest BCUT2D eigenvalue weighted by Gasteiger charge is -2.11. The van der Waals surface area contributed by atoms with Gasteiger partial charge in [0.1, 0.15) is 35.4 Å². The number of nitriles is 4. The lowest BCUT2D eigenvalue weighted by Crippen LogP contribution is -2.07. The van der Waals surface area contributed by atoms with Gasteiger partial charge < -0.3 is 4.90 Å². The molecule has 0 saturated carbocycles. The van der Waals surface area contributed by atoms with Gasteiger partial charge in [-0.1, -0.05) is 42.2 Å². The highest BCUT2D eigenvalue weighted by atomic mass is 15.1. The van der Waals surface area contributed by atoms with E-state index >= 15 is 0 Å². The van der Waals surface area contributed by atoms with Crippen LogP contribution in [0.3, 0.4) is 0 Å². The van der Waals surface area contributed by atoms with Crippen molar-refractivity contribution in [3.05, 3.63) is 82.4 Å². The molecule has 0 fully saturated rings. The van der Waals surface area contributed by atoms with Gasteiger partial charge in [-0.3, -0.25) is 0 Å². The summed E-state index contributed by atoms with van der Waals surface area (Å²) >= 11 is 0. The Morgan fingerprint density at radius 2 is 1.28 bits per heavy atom. The van der Waals surface area contributed by atoms with Crippen LogP contribution in [0, 0.1) is 57.2 Å². The number of nitrogens with zero attached hydrogens (tertiary/aromatic N) is 5. The maximum Gasteiger partial charge on any atom is 0.145 e. The lowest BCUT2D eigenvalue weighted by atomic mass is 9.91. The van der Waals surface area contributed by atoms with Crippen molar-refractivity contribution in [2.24, 2.45) is 0 Å². The van der Waals surface area contributed by atoms with Crippen molar-refractivity contribution in [2.45, 2.75) is 0 Å². The topological polar surface area (TPSA) is 98.4 Å². The molecular formula is C24H15N5. The first-order valence-corrected chi connectivity index (χ1v) is 8.49. The van der Waals surface area contributed by atoms with Crippen LogP contribution in [0.15, 0.2) is 71.3 Å². The van der Waals surface area contributed by atoms with Crippen LogP contribution in [-0.4, -0.2) is 14.1 Å². The van der Waals surface area contributed by atoms with Crippen molar-refractivity contribution in [1.82, 2.24) is 0 Å². The number of allylic oxidation sites excluding steroid dienone is 4. The molecule has 0 heterocycles. The summed E-state index contributed by atoms with van der Waals surface area (Å²) in [4.78, 5) is 1.95. The Balaban J connectivity index is 2.73. The normalized spacial score (nSPS) is 8.62. The van der Waals surface area contributed by atoms with E-state index in [4.69, 9.17) is 0 Å². The van der Waals surface area contributed by atoms with E-state index in [1.54, 1.807) is 30.3 Å². The second-order valence-corrected chi connectivity index (χ2v) is 6.00. The third-order valence-corrected chi connectivity index (χ3v) is 3.98. The average Bonchev–Trinajstić information content (AvgIpc) is 2.76. The Labute approximate surface area is 170 Å². The van der Waals surface area contributed by atoms with Gasteiger partial charge in [0.25, 0.3) is 0 Å². The van der Waals surface area contributed by atoms with Gasteiger partial charge in [-0.2, -0.15) is 21.0 Å². The molecule has 0 aliphatic carbocycles. The zero-order valence-electron chi connectivity index (χ0n) is 15.9. The van der Waals surface area contributed by atoms with Crippen LogP contribution in [0.5, 0.6) is 0 Å². The minimum atomic E-state index is -0.260. The number of anilines is 1. The highest BCUT2D eigenvalue weighted by Gasteiger charge is 2.17. The smallest absolute Gasteiger partial charge is 0.145 e. The number of benzene rings is 2. The molecule has 0 amide bonds. The Morgan fingerprint density at radius 3 is 1.76 bits per heavy atom. The summed E-state index contributed by atoms with van der Waals surface area (Å²) in [6.45, 7) is 0. The van der Waals surface area contributed by atoms with Gasteiger partial charge in [-0.15, -0.1) is 0 Å². The van der Waals surface area contributed by atoms with Crippen molar-refractivity contribution >= 4 is 11.3 Å². The third kappa shape index (κ3) is 4.90. The third-order valence-electron chi connectivity index (χ3n) is 3.98. The monoisotopic (exact) mass is 373 g/mol. The molecule has 0 atom stereocenters. The van der Waals surface area contributed by atoms with E-state index in [0.717, 1.165) is 5.69 Å². The summed E-state index contributed by atoms with van der Waals surface area (Å²) < 4.78 is 0. The SMILES string of the molecule is CN(C)c1ccc(C#CC(=C(C#N)C#N)C(=C(C#N)C#N)c2ccccc2)cc1. The quantitative estimate of drug-likeness (QED) is 0.461. The minimum Gasteiger partial charge on any atom is -0.378 e. The van der Waals surface area contributed by atoms with Crippen LogP contribution in [0.25, 0.3) is 5.57 Å². The van der Waals surface area contributed by atoms with Gasteiger partial charge >= 0.3 is 0 Å². The van der Waals surface area contributed by atoms with Crippen molar-refractivity contribution in [1.29, 1.82) is 21.0 Å². The first-order valence-electron chi connectivity index (χ1n) is 8.49. The first kappa shape index (κ1) is 20.6. The van der Waals surface area contributed by atoms with Crippen LogP contribution < -0.4 is 4.90 Å². The summed E-state index contributed by atoms with van der Waals surface area (Å²) in [6, 6.07) is 23.4. The highest BCUT2D eigenvalue weighted by molar-refractivity contribution is 5.92. The van der Waals surface area contributed by atoms with Crippen molar-refractivity contribution < 1.29 is 0 Å². The molecular weight excluding hydrogens is 358 g/mol. The molecule has 2 rings (SSSR count). The van der Waals surface area contributed by atoms with Crippen LogP contribution in [0.1, 0.15) is 11.1 Å². The van der Waals surface area contributed by atoms with E-state index in [1.807, 2.05) is 67.5 Å². The molecule has 0 aliphatic heterocycles. The zero-order valence-corrected chi connectivity index (χ0v) is 15.9. The van der Waals surface area contributed by atoms with Crippen LogP contribution in [0.4, 0.5) is 5.69 Å². The average molecular weight is 373 g/mol. The van der Waals surface area contributed by atoms with Crippen molar-refractivity contribution in [2.75, 3.05) is 19.0 Å². The van der Waals surface area contributed by atoms with Crippen molar-refractivity contribution in [3.8, 4) is 36.1 Å². The highest BCUT2D eigenvalue weighted by Crippen LogP contribution is 2.28. The Morgan fingerprint density at radius 1 is 0.724 bits per heavy atom. The van der Waals surface area contributed by atoms with Gasteiger partial charge in [0, 0.05) is 30.9 Å². The summed E-state index contributed by atoms with van der Waals surface area (Å²) in [5.41, 5.74) is 1.95. The van der Waals surface area contributed by atoms with Gasteiger partial charge in [0.15, 0.2) is 0 Å². The van der Waals surface area contributed by atoms with Gasteiger partial charge in [-0.25, -0.2) is 0 Å². The van der Waals surface area contributed by atoms with Gasteiger partial charge in [0.2, 0.25) is 0 Å². The maximum atomic E-state index is 9.43. The maximum absolute atomic E-state index is 9.43. The largest absolute Gasteiger partial charge is 0.378 e. The molecule has 0 spiro atoms. The predicted octanol–water partition coefficient (Wildman–Crippen LogP) is 3.95. The number of hydrogen-bond acceptors (Lipinski definition) is 5. The molecule has 5 heteroatoms. The molecule has 29 heavy (non-hydrogen) atoms. The predicted molar refractivity (Wildman–Crippen MR) is 110 cm³/mol. The van der Waals surface area contributed by atoms with E-state index in [0.29, 0.717) is 11.1 Å².